The monoisotopic (exact) mass is 486 g/mol. The van der Waals surface area contributed by atoms with E-state index in [4.69, 9.17) is 9.72 Å². The fourth-order valence-corrected chi connectivity index (χ4v) is 5.42. The normalized spacial score (nSPS) is 15.7. The molecule has 1 fully saturated rings. The Hall–Kier alpha value is -2.30. The molecule has 2 heterocycles. The lowest BCUT2D eigenvalue weighted by molar-refractivity contribution is 0.112. The van der Waals surface area contributed by atoms with E-state index < -0.39 is 10.0 Å². The fraction of sp³-hybridized carbons (Fsp3) is 0.375. The Labute approximate surface area is 200 Å². The molecule has 1 aliphatic heterocycles. The van der Waals surface area contributed by atoms with Crippen LogP contribution < -0.4 is 4.74 Å². The lowest BCUT2D eigenvalue weighted by atomic mass is 10.2. The minimum atomic E-state index is -3.41. The van der Waals surface area contributed by atoms with Crippen molar-refractivity contribution in [1.29, 1.82) is 0 Å². The van der Waals surface area contributed by atoms with Gasteiger partial charge in [-0.3, -0.25) is 9.80 Å². The van der Waals surface area contributed by atoms with Crippen LogP contribution in [-0.2, 0) is 16.6 Å². The van der Waals surface area contributed by atoms with Crippen molar-refractivity contribution < 1.29 is 13.2 Å². The third kappa shape index (κ3) is 6.18. The average Bonchev–Trinajstić information content (AvgIpc) is 3.29. The predicted octanol–water partition coefficient (Wildman–Crippen LogP) is 3.26. The van der Waals surface area contributed by atoms with Crippen LogP contribution in [0.4, 0.5) is 0 Å². The molecule has 0 bridgehead atoms. The number of nitrogens with zero attached hydrogens (tertiary/aromatic N) is 4. The lowest BCUT2D eigenvalue weighted by Crippen LogP contribution is -2.47. The summed E-state index contributed by atoms with van der Waals surface area (Å²) in [7, 11) is -0.359. The molecule has 3 aromatic rings. The number of aromatic nitrogens is 1. The molecule has 0 atom stereocenters. The van der Waals surface area contributed by atoms with Gasteiger partial charge in [-0.1, -0.05) is 30.3 Å². The fourth-order valence-electron chi connectivity index (χ4n) is 3.70. The van der Waals surface area contributed by atoms with Gasteiger partial charge in [-0.15, -0.1) is 11.3 Å². The summed E-state index contributed by atoms with van der Waals surface area (Å²) in [5.74, 6) is 0.684. The maximum atomic E-state index is 12.1. The van der Waals surface area contributed by atoms with Crippen molar-refractivity contribution in [2.24, 2.45) is 0 Å². The summed E-state index contributed by atoms with van der Waals surface area (Å²) >= 11 is 1.70. The Kier molecular flexibility index (Phi) is 7.77. The number of thiazole rings is 1. The van der Waals surface area contributed by atoms with E-state index >= 15 is 0 Å². The number of piperazine rings is 1. The van der Waals surface area contributed by atoms with Crippen molar-refractivity contribution in [2.75, 3.05) is 53.4 Å². The van der Waals surface area contributed by atoms with E-state index in [1.807, 2.05) is 18.2 Å². The van der Waals surface area contributed by atoms with Crippen molar-refractivity contribution in [3.05, 3.63) is 65.7 Å². The number of hydrogen-bond acceptors (Lipinski definition) is 7. The highest BCUT2D eigenvalue weighted by Crippen LogP contribution is 2.24. The Morgan fingerprint density at radius 3 is 2.30 bits per heavy atom. The van der Waals surface area contributed by atoms with Crippen LogP contribution in [0.3, 0.4) is 0 Å². The minimum Gasteiger partial charge on any atom is -0.492 e. The second-order valence-corrected chi connectivity index (χ2v) is 11.2. The van der Waals surface area contributed by atoms with E-state index in [1.54, 1.807) is 35.6 Å². The number of sulfonamides is 1. The van der Waals surface area contributed by atoms with Crippen LogP contribution in [0.5, 0.6) is 5.75 Å². The molecule has 1 aromatic heterocycles. The van der Waals surface area contributed by atoms with Gasteiger partial charge in [0, 0.05) is 64.3 Å². The van der Waals surface area contributed by atoms with E-state index in [0.717, 1.165) is 50.0 Å². The van der Waals surface area contributed by atoms with E-state index in [2.05, 4.69) is 27.3 Å². The molecule has 0 amide bonds. The van der Waals surface area contributed by atoms with Crippen LogP contribution in [0.1, 0.15) is 5.69 Å². The minimum absolute atomic E-state index is 0.270. The van der Waals surface area contributed by atoms with Gasteiger partial charge in [-0.25, -0.2) is 17.7 Å². The highest BCUT2D eigenvalue weighted by molar-refractivity contribution is 7.89. The van der Waals surface area contributed by atoms with Crippen LogP contribution >= 0.6 is 11.3 Å². The molecule has 9 heteroatoms. The van der Waals surface area contributed by atoms with Crippen molar-refractivity contribution in [3.63, 3.8) is 0 Å². The van der Waals surface area contributed by atoms with Crippen LogP contribution in [0.2, 0.25) is 0 Å². The molecule has 0 saturated carbocycles. The molecule has 1 aliphatic rings. The summed E-state index contributed by atoms with van der Waals surface area (Å²) in [6.07, 6.45) is 0. The molecule has 4 rings (SSSR count). The van der Waals surface area contributed by atoms with Gasteiger partial charge in [0.1, 0.15) is 17.4 Å². The topological polar surface area (TPSA) is 66.0 Å². The van der Waals surface area contributed by atoms with Crippen LogP contribution in [0.25, 0.3) is 10.6 Å². The Morgan fingerprint density at radius 1 is 0.970 bits per heavy atom. The van der Waals surface area contributed by atoms with E-state index in [0.29, 0.717) is 12.4 Å². The average molecular weight is 487 g/mol. The molecule has 0 aliphatic carbocycles. The first kappa shape index (κ1) is 23.8. The van der Waals surface area contributed by atoms with Crippen LogP contribution in [-0.4, -0.2) is 80.9 Å². The highest BCUT2D eigenvalue weighted by Gasteiger charge is 2.19. The van der Waals surface area contributed by atoms with Crippen molar-refractivity contribution in [2.45, 2.75) is 11.4 Å². The Bertz CT molecular complexity index is 1120. The zero-order valence-corrected chi connectivity index (χ0v) is 20.7. The molecule has 0 N–H and O–H groups in total. The summed E-state index contributed by atoms with van der Waals surface area (Å²) in [5.41, 5.74) is 2.31. The van der Waals surface area contributed by atoms with Gasteiger partial charge in [-0.05, 0) is 24.3 Å². The molecule has 2 aromatic carbocycles. The van der Waals surface area contributed by atoms with Gasteiger partial charge >= 0.3 is 0 Å². The van der Waals surface area contributed by atoms with Crippen molar-refractivity contribution in [1.82, 2.24) is 19.1 Å². The van der Waals surface area contributed by atoms with Gasteiger partial charge in [0.2, 0.25) is 10.0 Å². The maximum Gasteiger partial charge on any atom is 0.242 e. The standard InChI is InChI=1S/C24H30N4O3S2/c1-26(2)33(29,30)23-10-8-22(9-11-23)31-17-16-27-12-14-28(15-13-27)18-21-19-32-24(25-21)20-6-4-3-5-7-20/h3-11,19H,12-18H2,1-2H3. The van der Waals surface area contributed by atoms with Crippen molar-refractivity contribution >= 4 is 21.4 Å². The Balaban J connectivity index is 1.19. The number of hydrogen-bond donors (Lipinski definition) is 0. The molecule has 176 valence electrons. The zero-order chi connectivity index (χ0) is 23.3. The molecule has 1 saturated heterocycles. The van der Waals surface area contributed by atoms with Crippen LogP contribution in [0, 0.1) is 0 Å². The van der Waals surface area contributed by atoms with Gasteiger partial charge in [0.15, 0.2) is 0 Å². The smallest absolute Gasteiger partial charge is 0.242 e. The quantitative estimate of drug-likeness (QED) is 0.463. The number of benzene rings is 2. The van der Waals surface area contributed by atoms with E-state index in [-0.39, 0.29) is 4.90 Å². The van der Waals surface area contributed by atoms with Crippen LogP contribution in [0.15, 0.2) is 64.9 Å². The first-order chi connectivity index (χ1) is 15.9. The molecule has 7 nitrogen and oxygen atoms in total. The SMILES string of the molecule is CN(C)S(=O)(=O)c1ccc(OCCN2CCN(Cc3csc(-c4ccccc4)n3)CC2)cc1. The summed E-state index contributed by atoms with van der Waals surface area (Å²) in [5, 5.41) is 3.24. The molecule has 33 heavy (non-hydrogen) atoms. The van der Waals surface area contributed by atoms with Gasteiger partial charge < -0.3 is 4.74 Å². The predicted molar refractivity (Wildman–Crippen MR) is 132 cm³/mol. The first-order valence-corrected chi connectivity index (χ1v) is 13.3. The van der Waals surface area contributed by atoms with Crippen molar-refractivity contribution in [3.8, 4) is 16.3 Å². The first-order valence-electron chi connectivity index (χ1n) is 11.0. The summed E-state index contributed by atoms with van der Waals surface area (Å²) in [4.78, 5) is 9.93. The summed E-state index contributed by atoms with van der Waals surface area (Å²) in [6, 6.07) is 16.9. The maximum absolute atomic E-state index is 12.1. The second-order valence-electron chi connectivity index (χ2n) is 8.24. The molecular formula is C24H30N4O3S2. The molecule has 0 unspecified atom stereocenters. The van der Waals surface area contributed by atoms with Gasteiger partial charge in [-0.2, -0.15) is 0 Å². The largest absolute Gasteiger partial charge is 0.492 e. The van der Waals surface area contributed by atoms with E-state index in [9.17, 15) is 8.42 Å². The number of rotatable bonds is 9. The Morgan fingerprint density at radius 2 is 1.64 bits per heavy atom. The molecule has 0 radical (unpaired) electrons. The van der Waals surface area contributed by atoms with Gasteiger partial charge in [0.25, 0.3) is 0 Å². The summed E-state index contributed by atoms with van der Waals surface area (Å²) in [6.45, 7) is 6.32. The third-order valence-electron chi connectivity index (χ3n) is 5.70. The molecule has 0 spiro atoms. The lowest BCUT2D eigenvalue weighted by Gasteiger charge is -2.34. The van der Waals surface area contributed by atoms with Gasteiger partial charge in [0.05, 0.1) is 10.6 Å². The zero-order valence-electron chi connectivity index (χ0n) is 19.1. The number of ether oxygens (including phenoxy) is 1. The van der Waals surface area contributed by atoms with E-state index in [1.165, 1.54) is 24.0 Å². The third-order valence-corrected chi connectivity index (χ3v) is 8.47. The highest BCUT2D eigenvalue weighted by atomic mass is 32.2. The molecular weight excluding hydrogens is 456 g/mol. The summed E-state index contributed by atoms with van der Waals surface area (Å²) < 4.78 is 31.3. The second kappa shape index (κ2) is 10.8.